The summed E-state index contributed by atoms with van der Waals surface area (Å²) in [5.41, 5.74) is 5.43. The molecule has 0 aliphatic heterocycles. The van der Waals surface area contributed by atoms with Gasteiger partial charge in [0.25, 0.3) is 0 Å². The third-order valence-corrected chi connectivity index (χ3v) is 1.53. The number of nitrogens with one attached hydrogen (secondary N) is 1. The molecular weight excluding hydrogens is 182 g/mol. The molecule has 0 fully saturated rings. The second-order valence-electron chi connectivity index (χ2n) is 2.75. The van der Waals surface area contributed by atoms with Gasteiger partial charge in [-0.3, -0.25) is 4.79 Å². The number of rotatable bonds is 5. The molecule has 5 nitrogen and oxygen atoms in total. The standard InChI is InChI=1S/C9H15N3O2/c1-4-12(9(10)14)6-5-11-8(13)7(2)3/h4H,1-2,5-6H2,3H3,(H2,10,14)(H,11,13). The quantitative estimate of drug-likeness (QED) is 0.618. The average molecular weight is 197 g/mol. The van der Waals surface area contributed by atoms with Gasteiger partial charge in [0.1, 0.15) is 0 Å². The summed E-state index contributed by atoms with van der Waals surface area (Å²) < 4.78 is 0. The highest BCUT2D eigenvalue weighted by atomic mass is 16.2. The second kappa shape index (κ2) is 5.80. The Hall–Kier alpha value is -1.78. The first kappa shape index (κ1) is 12.2. The lowest BCUT2D eigenvalue weighted by Crippen LogP contribution is -2.38. The summed E-state index contributed by atoms with van der Waals surface area (Å²) in [7, 11) is 0. The van der Waals surface area contributed by atoms with Gasteiger partial charge in [0.05, 0.1) is 0 Å². The van der Waals surface area contributed by atoms with Gasteiger partial charge in [0.2, 0.25) is 5.91 Å². The van der Waals surface area contributed by atoms with Crippen molar-refractivity contribution in [3.8, 4) is 0 Å². The number of nitrogens with two attached hydrogens (primary N) is 1. The summed E-state index contributed by atoms with van der Waals surface area (Å²) in [4.78, 5) is 22.9. The van der Waals surface area contributed by atoms with Crippen molar-refractivity contribution in [1.82, 2.24) is 10.2 Å². The Balaban J connectivity index is 3.83. The van der Waals surface area contributed by atoms with E-state index in [2.05, 4.69) is 18.5 Å². The molecule has 0 atom stereocenters. The number of hydrogen-bond acceptors (Lipinski definition) is 2. The number of amides is 3. The predicted molar refractivity (Wildman–Crippen MR) is 54.3 cm³/mol. The molecule has 5 heteroatoms. The van der Waals surface area contributed by atoms with Crippen molar-refractivity contribution < 1.29 is 9.59 Å². The SMILES string of the molecule is C=CN(CCNC(=O)C(=C)C)C(N)=O. The monoisotopic (exact) mass is 197 g/mol. The Kier molecular flexibility index (Phi) is 5.06. The lowest BCUT2D eigenvalue weighted by molar-refractivity contribution is -0.117. The minimum atomic E-state index is -0.593. The molecule has 0 heterocycles. The molecule has 0 spiro atoms. The normalized spacial score (nSPS) is 8.93. The summed E-state index contributed by atoms with van der Waals surface area (Å²) in [6.07, 6.45) is 1.31. The second-order valence-corrected chi connectivity index (χ2v) is 2.75. The first-order valence-corrected chi connectivity index (χ1v) is 4.11. The number of hydrogen-bond donors (Lipinski definition) is 2. The molecule has 0 bridgehead atoms. The van der Waals surface area contributed by atoms with Gasteiger partial charge in [-0.25, -0.2) is 4.79 Å². The van der Waals surface area contributed by atoms with Crippen LogP contribution in [0, 0.1) is 0 Å². The van der Waals surface area contributed by atoms with E-state index in [-0.39, 0.29) is 5.91 Å². The molecule has 14 heavy (non-hydrogen) atoms. The highest BCUT2D eigenvalue weighted by molar-refractivity contribution is 5.92. The van der Waals surface area contributed by atoms with Gasteiger partial charge >= 0.3 is 6.03 Å². The fraction of sp³-hybridized carbons (Fsp3) is 0.333. The molecule has 3 amide bonds. The number of primary amides is 1. The van der Waals surface area contributed by atoms with Crippen LogP contribution in [0.1, 0.15) is 6.92 Å². The van der Waals surface area contributed by atoms with Crippen LogP contribution in [0.3, 0.4) is 0 Å². The van der Waals surface area contributed by atoms with Gasteiger partial charge < -0.3 is 16.0 Å². The van der Waals surface area contributed by atoms with Crippen LogP contribution in [0.25, 0.3) is 0 Å². The van der Waals surface area contributed by atoms with E-state index in [0.717, 1.165) is 0 Å². The molecule has 78 valence electrons. The molecule has 0 aromatic rings. The fourth-order valence-electron chi connectivity index (χ4n) is 0.732. The number of carbonyl (C=O) groups excluding carboxylic acids is 2. The van der Waals surface area contributed by atoms with E-state index in [1.54, 1.807) is 6.92 Å². The first-order valence-electron chi connectivity index (χ1n) is 4.11. The highest BCUT2D eigenvalue weighted by Crippen LogP contribution is 1.88. The summed E-state index contributed by atoms with van der Waals surface area (Å²) in [5.74, 6) is -0.238. The van der Waals surface area contributed by atoms with E-state index in [1.807, 2.05) is 0 Å². The van der Waals surface area contributed by atoms with Crippen LogP contribution in [0.5, 0.6) is 0 Å². The zero-order chi connectivity index (χ0) is 11.1. The van der Waals surface area contributed by atoms with Crippen molar-refractivity contribution in [2.75, 3.05) is 13.1 Å². The number of nitrogens with zero attached hydrogens (tertiary/aromatic N) is 1. The van der Waals surface area contributed by atoms with Crippen molar-refractivity contribution in [2.45, 2.75) is 6.92 Å². The van der Waals surface area contributed by atoms with E-state index >= 15 is 0 Å². The maximum atomic E-state index is 11.0. The largest absolute Gasteiger partial charge is 0.351 e. The Bertz CT molecular complexity index is 261. The van der Waals surface area contributed by atoms with Gasteiger partial charge in [-0.2, -0.15) is 0 Å². The predicted octanol–water partition coefficient (Wildman–Crippen LogP) is 0.203. The lowest BCUT2D eigenvalue weighted by atomic mass is 10.3. The maximum absolute atomic E-state index is 11.0. The van der Waals surface area contributed by atoms with Crippen LogP contribution in [0.2, 0.25) is 0 Å². The fourth-order valence-corrected chi connectivity index (χ4v) is 0.732. The van der Waals surface area contributed by atoms with Crippen LogP contribution in [0.4, 0.5) is 4.79 Å². The van der Waals surface area contributed by atoms with Gasteiger partial charge in [-0.1, -0.05) is 13.2 Å². The van der Waals surface area contributed by atoms with Crippen LogP contribution >= 0.6 is 0 Å². The lowest BCUT2D eigenvalue weighted by Gasteiger charge is -2.15. The van der Waals surface area contributed by atoms with Gasteiger partial charge in [0, 0.05) is 24.9 Å². The minimum Gasteiger partial charge on any atom is -0.351 e. The van der Waals surface area contributed by atoms with E-state index in [9.17, 15) is 9.59 Å². The summed E-state index contributed by atoms with van der Waals surface area (Å²) >= 11 is 0. The third-order valence-electron chi connectivity index (χ3n) is 1.53. The van der Waals surface area contributed by atoms with Gasteiger partial charge in [0.15, 0.2) is 0 Å². The van der Waals surface area contributed by atoms with Crippen LogP contribution < -0.4 is 11.1 Å². The average Bonchev–Trinajstić information content (AvgIpc) is 2.11. The molecule has 0 rings (SSSR count). The Morgan fingerprint density at radius 2 is 2.14 bits per heavy atom. The van der Waals surface area contributed by atoms with E-state index < -0.39 is 6.03 Å². The number of carbonyl (C=O) groups is 2. The first-order chi connectivity index (χ1) is 6.49. The Morgan fingerprint density at radius 1 is 1.57 bits per heavy atom. The third kappa shape index (κ3) is 4.30. The van der Waals surface area contributed by atoms with Crippen LogP contribution in [-0.2, 0) is 4.79 Å². The summed E-state index contributed by atoms with van der Waals surface area (Å²) in [6.45, 7) is 9.11. The Morgan fingerprint density at radius 3 is 2.50 bits per heavy atom. The number of urea groups is 1. The minimum absolute atomic E-state index is 0.238. The molecule has 0 saturated carbocycles. The van der Waals surface area contributed by atoms with Crippen LogP contribution in [0.15, 0.2) is 24.9 Å². The molecule has 0 aromatic carbocycles. The van der Waals surface area contributed by atoms with Crippen molar-refractivity contribution in [3.63, 3.8) is 0 Å². The highest BCUT2D eigenvalue weighted by Gasteiger charge is 2.05. The van der Waals surface area contributed by atoms with Crippen molar-refractivity contribution >= 4 is 11.9 Å². The molecule has 3 N–H and O–H groups in total. The maximum Gasteiger partial charge on any atom is 0.318 e. The van der Waals surface area contributed by atoms with Crippen molar-refractivity contribution in [2.24, 2.45) is 5.73 Å². The smallest absolute Gasteiger partial charge is 0.318 e. The van der Waals surface area contributed by atoms with Crippen molar-refractivity contribution in [3.05, 3.63) is 24.9 Å². The van der Waals surface area contributed by atoms with E-state index in [4.69, 9.17) is 5.73 Å². The summed E-state index contributed by atoms with van der Waals surface area (Å²) in [5, 5.41) is 2.57. The molecule has 0 unspecified atom stereocenters. The zero-order valence-electron chi connectivity index (χ0n) is 8.25. The molecular formula is C9H15N3O2. The van der Waals surface area contributed by atoms with E-state index in [0.29, 0.717) is 18.7 Å². The zero-order valence-corrected chi connectivity index (χ0v) is 8.25. The Labute approximate surface area is 83.3 Å². The van der Waals surface area contributed by atoms with Gasteiger partial charge in [-0.15, -0.1) is 0 Å². The molecule has 0 radical (unpaired) electrons. The summed E-state index contributed by atoms with van der Waals surface area (Å²) in [6, 6.07) is -0.593. The molecule has 0 aromatic heterocycles. The van der Waals surface area contributed by atoms with E-state index in [1.165, 1.54) is 11.1 Å². The van der Waals surface area contributed by atoms with Crippen molar-refractivity contribution in [1.29, 1.82) is 0 Å². The molecule has 0 aliphatic rings. The topological polar surface area (TPSA) is 75.4 Å². The van der Waals surface area contributed by atoms with Gasteiger partial charge in [-0.05, 0) is 6.92 Å². The molecule has 0 saturated heterocycles. The van der Waals surface area contributed by atoms with Crippen LogP contribution in [-0.4, -0.2) is 29.9 Å². The molecule has 0 aliphatic carbocycles.